The normalized spacial score (nSPS) is 14.8. The average molecular weight is 215 g/mol. The topological polar surface area (TPSA) is 20.3 Å². The van der Waals surface area contributed by atoms with Crippen LogP contribution in [0.3, 0.4) is 0 Å². The lowest BCUT2D eigenvalue weighted by molar-refractivity contribution is 0.0980. The third kappa shape index (κ3) is 2.16. The molecule has 0 saturated heterocycles. The van der Waals surface area contributed by atoms with Crippen LogP contribution in [0.4, 0.5) is 5.69 Å². The molecule has 0 fully saturated rings. The highest BCUT2D eigenvalue weighted by Crippen LogP contribution is 2.26. The van der Waals surface area contributed by atoms with Crippen molar-refractivity contribution in [3.8, 4) is 0 Å². The molecule has 0 saturated carbocycles. The molecule has 1 aliphatic heterocycles. The summed E-state index contributed by atoms with van der Waals surface area (Å²) in [7, 11) is 0. The van der Waals surface area contributed by atoms with Crippen molar-refractivity contribution in [2.45, 2.75) is 19.8 Å². The lowest BCUT2D eigenvalue weighted by Crippen LogP contribution is -2.32. The molecule has 1 aliphatic rings. The SMILES string of the molecule is C=C(C)CCN1CCC(=O)c2ccccc21. The Kier molecular flexibility index (Phi) is 3.09. The largest absolute Gasteiger partial charge is 0.370 e. The molecule has 0 bridgehead atoms. The van der Waals surface area contributed by atoms with Gasteiger partial charge in [0.25, 0.3) is 0 Å². The fourth-order valence-corrected chi connectivity index (χ4v) is 2.03. The number of hydrogen-bond acceptors (Lipinski definition) is 2. The van der Waals surface area contributed by atoms with Gasteiger partial charge in [-0.3, -0.25) is 4.79 Å². The zero-order valence-electron chi connectivity index (χ0n) is 9.70. The van der Waals surface area contributed by atoms with E-state index in [4.69, 9.17) is 0 Å². The molecule has 0 N–H and O–H groups in total. The van der Waals surface area contributed by atoms with Gasteiger partial charge >= 0.3 is 0 Å². The third-order valence-corrected chi connectivity index (χ3v) is 2.96. The first-order valence-electron chi connectivity index (χ1n) is 5.70. The predicted octanol–water partition coefficient (Wildman–Crippen LogP) is 3.05. The maximum atomic E-state index is 11.7. The van der Waals surface area contributed by atoms with E-state index in [1.807, 2.05) is 31.2 Å². The van der Waals surface area contributed by atoms with E-state index in [0.29, 0.717) is 6.42 Å². The molecule has 0 radical (unpaired) electrons. The Bertz CT molecular complexity index is 422. The van der Waals surface area contributed by atoms with Crippen LogP contribution in [0, 0.1) is 0 Å². The van der Waals surface area contributed by atoms with Gasteiger partial charge in [0.15, 0.2) is 5.78 Å². The highest BCUT2D eigenvalue weighted by atomic mass is 16.1. The summed E-state index contributed by atoms with van der Waals surface area (Å²) in [5, 5.41) is 0. The second-order valence-electron chi connectivity index (χ2n) is 4.38. The Morgan fingerprint density at radius 3 is 2.94 bits per heavy atom. The van der Waals surface area contributed by atoms with Crippen molar-refractivity contribution in [2.24, 2.45) is 0 Å². The van der Waals surface area contributed by atoms with Crippen molar-refractivity contribution in [3.63, 3.8) is 0 Å². The smallest absolute Gasteiger partial charge is 0.166 e. The summed E-state index contributed by atoms with van der Waals surface area (Å²) >= 11 is 0. The summed E-state index contributed by atoms with van der Waals surface area (Å²) in [6, 6.07) is 7.87. The van der Waals surface area contributed by atoms with Crippen LogP contribution in [0.2, 0.25) is 0 Å². The lowest BCUT2D eigenvalue weighted by atomic mass is 10.00. The molecular weight excluding hydrogens is 198 g/mol. The number of carbonyl (C=O) groups excluding carboxylic acids is 1. The summed E-state index contributed by atoms with van der Waals surface area (Å²) in [4.78, 5) is 14.0. The Balaban J connectivity index is 2.21. The first kappa shape index (κ1) is 10.9. The maximum Gasteiger partial charge on any atom is 0.166 e. The molecule has 2 nitrogen and oxygen atoms in total. The van der Waals surface area contributed by atoms with Crippen molar-refractivity contribution >= 4 is 11.5 Å². The predicted molar refractivity (Wildman–Crippen MR) is 67.0 cm³/mol. The molecule has 84 valence electrons. The zero-order chi connectivity index (χ0) is 11.5. The highest BCUT2D eigenvalue weighted by Gasteiger charge is 2.21. The molecule has 0 spiro atoms. The molecule has 0 unspecified atom stereocenters. The molecule has 2 heteroatoms. The molecule has 1 heterocycles. The number of nitrogens with zero attached hydrogens (tertiary/aromatic N) is 1. The first-order valence-corrected chi connectivity index (χ1v) is 5.70. The minimum absolute atomic E-state index is 0.266. The highest BCUT2D eigenvalue weighted by molar-refractivity contribution is 6.03. The van der Waals surface area contributed by atoms with E-state index in [9.17, 15) is 4.79 Å². The van der Waals surface area contributed by atoms with Gasteiger partial charge in [-0.15, -0.1) is 6.58 Å². The van der Waals surface area contributed by atoms with Gasteiger partial charge in [0.2, 0.25) is 0 Å². The van der Waals surface area contributed by atoms with Gasteiger partial charge in [-0.1, -0.05) is 17.7 Å². The van der Waals surface area contributed by atoms with Crippen LogP contribution >= 0.6 is 0 Å². The maximum absolute atomic E-state index is 11.7. The van der Waals surface area contributed by atoms with Crippen LogP contribution in [0.15, 0.2) is 36.4 Å². The van der Waals surface area contributed by atoms with Crippen LogP contribution in [0.5, 0.6) is 0 Å². The standard InChI is InChI=1S/C14H17NO/c1-11(2)7-9-15-10-8-14(16)12-5-3-4-6-13(12)15/h3-6H,1,7-10H2,2H3. The molecule has 0 aromatic heterocycles. The van der Waals surface area contributed by atoms with E-state index in [2.05, 4.69) is 11.5 Å². The fraction of sp³-hybridized carbons (Fsp3) is 0.357. The van der Waals surface area contributed by atoms with Crippen LogP contribution in [0.25, 0.3) is 0 Å². The summed E-state index contributed by atoms with van der Waals surface area (Å²) in [5.41, 5.74) is 3.14. The number of Topliss-reactive ketones (excluding diaryl/α,β-unsaturated/α-hetero) is 1. The first-order chi connectivity index (χ1) is 7.68. The van der Waals surface area contributed by atoms with Gasteiger partial charge in [-0.25, -0.2) is 0 Å². The minimum Gasteiger partial charge on any atom is -0.370 e. The van der Waals surface area contributed by atoms with Crippen LogP contribution in [0.1, 0.15) is 30.1 Å². The molecular formula is C14H17NO. The van der Waals surface area contributed by atoms with Crippen molar-refractivity contribution in [1.82, 2.24) is 0 Å². The van der Waals surface area contributed by atoms with Crippen molar-refractivity contribution in [3.05, 3.63) is 42.0 Å². The Morgan fingerprint density at radius 2 is 2.19 bits per heavy atom. The van der Waals surface area contributed by atoms with Crippen LogP contribution in [-0.2, 0) is 0 Å². The Labute approximate surface area is 96.6 Å². The molecule has 0 amide bonds. The molecule has 2 rings (SSSR count). The average Bonchev–Trinajstić information content (AvgIpc) is 2.28. The second-order valence-corrected chi connectivity index (χ2v) is 4.38. The lowest BCUT2D eigenvalue weighted by Gasteiger charge is -2.30. The van der Waals surface area contributed by atoms with Crippen molar-refractivity contribution in [2.75, 3.05) is 18.0 Å². The molecule has 16 heavy (non-hydrogen) atoms. The monoisotopic (exact) mass is 215 g/mol. The van der Waals surface area contributed by atoms with E-state index >= 15 is 0 Å². The van der Waals surface area contributed by atoms with E-state index in [1.165, 1.54) is 5.57 Å². The second kappa shape index (κ2) is 4.52. The number of para-hydroxylation sites is 1. The summed E-state index contributed by atoms with van der Waals surface area (Å²) in [6.07, 6.45) is 1.62. The Morgan fingerprint density at radius 1 is 1.44 bits per heavy atom. The van der Waals surface area contributed by atoms with Crippen molar-refractivity contribution < 1.29 is 4.79 Å². The number of carbonyl (C=O) groups is 1. The van der Waals surface area contributed by atoms with Crippen LogP contribution in [-0.4, -0.2) is 18.9 Å². The number of ketones is 1. The van der Waals surface area contributed by atoms with E-state index in [-0.39, 0.29) is 5.78 Å². The Hall–Kier alpha value is -1.57. The summed E-state index contributed by atoms with van der Waals surface area (Å²) in [5.74, 6) is 0.266. The fourth-order valence-electron chi connectivity index (χ4n) is 2.03. The number of rotatable bonds is 3. The molecule has 0 atom stereocenters. The quantitative estimate of drug-likeness (QED) is 0.722. The summed E-state index contributed by atoms with van der Waals surface area (Å²) in [6.45, 7) is 7.75. The number of fused-ring (bicyclic) bond motifs is 1. The molecule has 1 aromatic rings. The minimum atomic E-state index is 0.266. The van der Waals surface area contributed by atoms with Gasteiger partial charge < -0.3 is 4.90 Å². The zero-order valence-corrected chi connectivity index (χ0v) is 9.70. The van der Waals surface area contributed by atoms with Gasteiger partial charge in [0.1, 0.15) is 0 Å². The van der Waals surface area contributed by atoms with Gasteiger partial charge in [-0.2, -0.15) is 0 Å². The van der Waals surface area contributed by atoms with E-state index < -0.39 is 0 Å². The van der Waals surface area contributed by atoms with Crippen molar-refractivity contribution in [1.29, 1.82) is 0 Å². The third-order valence-electron chi connectivity index (χ3n) is 2.96. The number of anilines is 1. The summed E-state index contributed by atoms with van der Waals surface area (Å²) < 4.78 is 0. The molecule has 0 aliphatic carbocycles. The number of hydrogen-bond donors (Lipinski definition) is 0. The number of benzene rings is 1. The van der Waals surface area contributed by atoms with Gasteiger partial charge in [0, 0.05) is 30.8 Å². The van der Waals surface area contributed by atoms with Gasteiger partial charge in [0.05, 0.1) is 0 Å². The van der Waals surface area contributed by atoms with E-state index in [1.54, 1.807) is 0 Å². The van der Waals surface area contributed by atoms with Gasteiger partial charge in [-0.05, 0) is 25.5 Å². The van der Waals surface area contributed by atoms with E-state index in [0.717, 1.165) is 30.8 Å². The van der Waals surface area contributed by atoms with Crippen LogP contribution < -0.4 is 4.90 Å². The molecule has 1 aromatic carbocycles.